The maximum atomic E-state index is 11.9. The molecule has 0 radical (unpaired) electrons. The van der Waals surface area contributed by atoms with Gasteiger partial charge in [-0.05, 0) is 48.9 Å². The average molecular weight is 360 g/mol. The van der Waals surface area contributed by atoms with Crippen molar-refractivity contribution >= 4 is 11.9 Å². The molecule has 0 bridgehead atoms. The zero-order valence-corrected chi connectivity index (χ0v) is 16.4. The monoisotopic (exact) mass is 360 g/mol. The van der Waals surface area contributed by atoms with E-state index >= 15 is 0 Å². The van der Waals surface area contributed by atoms with E-state index in [0.717, 1.165) is 5.56 Å². The van der Waals surface area contributed by atoms with Crippen molar-refractivity contribution in [3.63, 3.8) is 0 Å². The lowest BCUT2D eigenvalue weighted by molar-refractivity contribution is -0.150. The smallest absolute Gasteiger partial charge is 0.344 e. The number of aryl methyl sites for hydroxylation is 1. The number of hydrogen-bond acceptors (Lipinski definition) is 5. The Balaban J connectivity index is 2.47. The Morgan fingerprint density at radius 3 is 2.38 bits per heavy atom. The van der Waals surface area contributed by atoms with Gasteiger partial charge in [-0.25, -0.2) is 4.79 Å². The van der Waals surface area contributed by atoms with Crippen molar-refractivity contribution in [1.82, 2.24) is 5.32 Å². The SMILES string of the molecule is Cc1cc(OCC(=O)OCC(=O)NC(C)(C#N)C(C)C)ccc1C(C)C. The van der Waals surface area contributed by atoms with Crippen LogP contribution in [0.3, 0.4) is 0 Å². The number of esters is 1. The van der Waals surface area contributed by atoms with Gasteiger partial charge >= 0.3 is 5.97 Å². The van der Waals surface area contributed by atoms with Crippen LogP contribution < -0.4 is 10.1 Å². The molecule has 0 aliphatic rings. The van der Waals surface area contributed by atoms with Crippen LogP contribution in [-0.2, 0) is 14.3 Å². The van der Waals surface area contributed by atoms with Crippen LogP contribution in [0.5, 0.6) is 5.75 Å². The molecule has 142 valence electrons. The molecule has 1 aromatic rings. The highest BCUT2D eigenvalue weighted by molar-refractivity contribution is 5.81. The molecule has 6 heteroatoms. The zero-order valence-electron chi connectivity index (χ0n) is 16.4. The second kappa shape index (κ2) is 9.23. The Morgan fingerprint density at radius 2 is 1.88 bits per heavy atom. The van der Waals surface area contributed by atoms with Crippen LogP contribution in [0.15, 0.2) is 18.2 Å². The zero-order chi connectivity index (χ0) is 19.9. The highest BCUT2D eigenvalue weighted by Crippen LogP contribution is 2.23. The number of nitrogens with one attached hydrogen (secondary N) is 1. The van der Waals surface area contributed by atoms with Crippen molar-refractivity contribution in [3.8, 4) is 11.8 Å². The van der Waals surface area contributed by atoms with E-state index in [0.29, 0.717) is 11.7 Å². The fourth-order valence-corrected chi connectivity index (χ4v) is 2.34. The van der Waals surface area contributed by atoms with Gasteiger partial charge in [0.1, 0.15) is 11.3 Å². The van der Waals surface area contributed by atoms with Crippen molar-refractivity contribution in [3.05, 3.63) is 29.3 Å². The van der Waals surface area contributed by atoms with Crippen molar-refractivity contribution in [2.24, 2.45) is 5.92 Å². The molecule has 1 atom stereocenters. The van der Waals surface area contributed by atoms with Gasteiger partial charge < -0.3 is 14.8 Å². The molecule has 1 rings (SSSR count). The second-order valence-corrected chi connectivity index (χ2v) is 7.14. The number of amides is 1. The highest BCUT2D eigenvalue weighted by Gasteiger charge is 2.30. The van der Waals surface area contributed by atoms with Crippen LogP contribution in [0, 0.1) is 24.2 Å². The summed E-state index contributed by atoms with van der Waals surface area (Å²) in [5.74, 6) is -0.252. The number of nitriles is 1. The van der Waals surface area contributed by atoms with Crippen molar-refractivity contribution in [2.45, 2.75) is 53.0 Å². The van der Waals surface area contributed by atoms with Crippen LogP contribution in [-0.4, -0.2) is 30.6 Å². The number of nitrogens with zero attached hydrogens (tertiary/aromatic N) is 1. The largest absolute Gasteiger partial charge is 0.482 e. The third-order valence-corrected chi connectivity index (χ3v) is 4.37. The first kappa shape index (κ1) is 21.5. The van der Waals surface area contributed by atoms with E-state index in [1.165, 1.54) is 5.56 Å². The Labute approximate surface area is 155 Å². The molecular formula is C20H28N2O4. The molecule has 1 unspecified atom stereocenters. The summed E-state index contributed by atoms with van der Waals surface area (Å²) in [6, 6.07) is 7.72. The summed E-state index contributed by atoms with van der Waals surface area (Å²) in [4.78, 5) is 23.6. The van der Waals surface area contributed by atoms with Gasteiger partial charge in [0.15, 0.2) is 13.2 Å². The summed E-state index contributed by atoms with van der Waals surface area (Å²) >= 11 is 0. The standard InChI is InChI=1S/C20H28N2O4/c1-13(2)17-8-7-16(9-15(17)5)25-11-19(24)26-10-18(23)22-20(6,12-21)14(3)4/h7-9,13-14H,10-11H2,1-6H3,(H,22,23). The molecule has 1 amide bonds. The molecule has 0 aliphatic heterocycles. The third kappa shape index (κ3) is 6.07. The minimum atomic E-state index is -1.00. The van der Waals surface area contributed by atoms with E-state index < -0.39 is 24.0 Å². The Hall–Kier alpha value is -2.55. The summed E-state index contributed by atoms with van der Waals surface area (Å²) in [7, 11) is 0. The van der Waals surface area contributed by atoms with Gasteiger partial charge in [-0.1, -0.05) is 33.8 Å². The molecule has 0 fully saturated rings. The molecule has 1 N–H and O–H groups in total. The number of hydrogen-bond donors (Lipinski definition) is 1. The molecule has 6 nitrogen and oxygen atoms in total. The Morgan fingerprint density at radius 1 is 1.23 bits per heavy atom. The van der Waals surface area contributed by atoms with Crippen LogP contribution in [0.1, 0.15) is 51.7 Å². The predicted octanol–water partition coefficient (Wildman–Crippen LogP) is 3.09. The lowest BCUT2D eigenvalue weighted by Gasteiger charge is -2.27. The second-order valence-electron chi connectivity index (χ2n) is 7.14. The van der Waals surface area contributed by atoms with Crippen molar-refractivity contribution in [1.29, 1.82) is 5.26 Å². The molecule has 0 saturated heterocycles. The molecule has 0 aliphatic carbocycles. The molecule has 0 spiro atoms. The normalized spacial score (nSPS) is 13.0. The summed E-state index contributed by atoms with van der Waals surface area (Å²) in [5, 5.41) is 11.8. The fraction of sp³-hybridized carbons (Fsp3) is 0.550. The maximum Gasteiger partial charge on any atom is 0.344 e. The van der Waals surface area contributed by atoms with Crippen LogP contribution in [0.2, 0.25) is 0 Å². The van der Waals surface area contributed by atoms with Crippen LogP contribution in [0.25, 0.3) is 0 Å². The van der Waals surface area contributed by atoms with Gasteiger partial charge in [0.05, 0.1) is 6.07 Å². The third-order valence-electron chi connectivity index (χ3n) is 4.37. The summed E-state index contributed by atoms with van der Waals surface area (Å²) in [6.45, 7) is 10.8. The van der Waals surface area contributed by atoms with Gasteiger partial charge in [-0.15, -0.1) is 0 Å². The summed E-state index contributed by atoms with van der Waals surface area (Å²) in [5.41, 5.74) is 1.31. The Kier molecular flexibility index (Phi) is 7.63. The lowest BCUT2D eigenvalue weighted by Crippen LogP contribution is -2.50. The van der Waals surface area contributed by atoms with Gasteiger partial charge in [0.25, 0.3) is 5.91 Å². The molecule has 1 aromatic carbocycles. The van der Waals surface area contributed by atoms with Crippen LogP contribution in [0.4, 0.5) is 0 Å². The Bertz CT molecular complexity index is 692. The van der Waals surface area contributed by atoms with E-state index in [9.17, 15) is 14.9 Å². The molecule has 0 aromatic heterocycles. The number of ether oxygens (including phenoxy) is 2. The van der Waals surface area contributed by atoms with Gasteiger partial charge in [0.2, 0.25) is 0 Å². The van der Waals surface area contributed by atoms with Crippen LogP contribution >= 0.6 is 0 Å². The van der Waals surface area contributed by atoms with E-state index in [-0.39, 0.29) is 12.5 Å². The number of rotatable bonds is 8. The number of benzene rings is 1. The highest BCUT2D eigenvalue weighted by atomic mass is 16.6. The van der Waals surface area contributed by atoms with E-state index in [4.69, 9.17) is 9.47 Å². The van der Waals surface area contributed by atoms with E-state index in [2.05, 4.69) is 25.2 Å². The van der Waals surface area contributed by atoms with Gasteiger partial charge in [-0.3, -0.25) is 4.79 Å². The topological polar surface area (TPSA) is 88.4 Å². The average Bonchev–Trinajstić information content (AvgIpc) is 2.57. The maximum absolute atomic E-state index is 11.9. The quantitative estimate of drug-likeness (QED) is 0.720. The number of carbonyl (C=O) groups excluding carboxylic acids is 2. The van der Waals surface area contributed by atoms with E-state index in [1.807, 2.05) is 39.0 Å². The molecule has 26 heavy (non-hydrogen) atoms. The molecular weight excluding hydrogens is 332 g/mol. The summed E-state index contributed by atoms with van der Waals surface area (Å²) < 4.78 is 10.3. The van der Waals surface area contributed by atoms with Gasteiger partial charge in [0, 0.05) is 0 Å². The first-order valence-electron chi connectivity index (χ1n) is 8.70. The van der Waals surface area contributed by atoms with Crippen molar-refractivity contribution < 1.29 is 19.1 Å². The minimum absolute atomic E-state index is 0.0764. The minimum Gasteiger partial charge on any atom is -0.482 e. The fourth-order valence-electron chi connectivity index (χ4n) is 2.34. The van der Waals surface area contributed by atoms with Crippen molar-refractivity contribution in [2.75, 3.05) is 13.2 Å². The first-order chi connectivity index (χ1) is 12.1. The first-order valence-corrected chi connectivity index (χ1v) is 8.70. The predicted molar refractivity (Wildman–Crippen MR) is 98.7 cm³/mol. The molecule has 0 saturated carbocycles. The lowest BCUT2D eigenvalue weighted by atomic mass is 9.90. The molecule has 0 heterocycles. The summed E-state index contributed by atoms with van der Waals surface area (Å²) in [6.07, 6.45) is 0. The van der Waals surface area contributed by atoms with Gasteiger partial charge in [-0.2, -0.15) is 5.26 Å². The van der Waals surface area contributed by atoms with E-state index in [1.54, 1.807) is 6.92 Å². The number of carbonyl (C=O) groups is 2.